The number of unbranched alkanes of at least 4 members (excludes halogenated alkanes) is 10. The summed E-state index contributed by atoms with van der Waals surface area (Å²) in [4.78, 5) is 25.9. The van der Waals surface area contributed by atoms with Crippen LogP contribution in [0.2, 0.25) is 0 Å². The molecule has 3 aromatic carbocycles. The van der Waals surface area contributed by atoms with Crippen molar-refractivity contribution in [2.24, 2.45) is 0 Å². The molecule has 232 valence electrons. The molecule has 0 aliphatic heterocycles. The van der Waals surface area contributed by atoms with Crippen LogP contribution in [0.1, 0.15) is 125 Å². The zero-order valence-corrected chi connectivity index (χ0v) is 26.4. The first-order valence-electron chi connectivity index (χ1n) is 16.4. The Labute approximate surface area is 259 Å². The van der Waals surface area contributed by atoms with Gasteiger partial charge in [-0.05, 0) is 73.7 Å². The van der Waals surface area contributed by atoms with Gasteiger partial charge >= 0.3 is 11.9 Å². The van der Waals surface area contributed by atoms with Gasteiger partial charge in [-0.1, -0.05) is 114 Å². The van der Waals surface area contributed by atoms with Crippen LogP contribution in [0, 0.1) is 0 Å². The normalized spacial score (nSPS) is 11.6. The second kappa shape index (κ2) is 19.6. The molecule has 1 unspecified atom stereocenters. The molecule has 43 heavy (non-hydrogen) atoms. The van der Waals surface area contributed by atoms with Crippen LogP contribution >= 0.6 is 0 Å². The van der Waals surface area contributed by atoms with Gasteiger partial charge in [0.15, 0.2) is 0 Å². The first-order valence-corrected chi connectivity index (χ1v) is 16.4. The van der Waals surface area contributed by atoms with E-state index in [2.05, 4.69) is 13.8 Å². The Kier molecular flexibility index (Phi) is 15.4. The van der Waals surface area contributed by atoms with Gasteiger partial charge in [0.2, 0.25) is 0 Å². The van der Waals surface area contributed by atoms with Crippen LogP contribution in [0.4, 0.5) is 0 Å². The van der Waals surface area contributed by atoms with Crippen LogP contribution < -0.4 is 9.47 Å². The minimum Gasteiger partial charge on any atom is -0.494 e. The van der Waals surface area contributed by atoms with Crippen molar-refractivity contribution in [3.05, 3.63) is 83.9 Å². The summed E-state index contributed by atoms with van der Waals surface area (Å²) in [5.41, 5.74) is 2.68. The van der Waals surface area contributed by atoms with Crippen LogP contribution in [0.3, 0.4) is 0 Å². The predicted octanol–water partition coefficient (Wildman–Crippen LogP) is 10.6. The number of hydrogen-bond acceptors (Lipinski definition) is 5. The van der Waals surface area contributed by atoms with Crippen LogP contribution in [0.25, 0.3) is 11.1 Å². The molecule has 0 aliphatic carbocycles. The van der Waals surface area contributed by atoms with E-state index in [1.54, 1.807) is 36.4 Å². The lowest BCUT2D eigenvalue weighted by atomic mass is 10.0. The maximum absolute atomic E-state index is 13.0. The Morgan fingerprint density at radius 1 is 0.628 bits per heavy atom. The van der Waals surface area contributed by atoms with Crippen LogP contribution in [0.5, 0.6) is 11.5 Å². The molecule has 0 spiro atoms. The summed E-state index contributed by atoms with van der Waals surface area (Å²) in [6.45, 7) is 7.09. The van der Waals surface area contributed by atoms with E-state index in [9.17, 15) is 9.59 Å². The second-order valence-corrected chi connectivity index (χ2v) is 11.4. The molecule has 0 saturated carbocycles. The van der Waals surface area contributed by atoms with Gasteiger partial charge in [-0.15, -0.1) is 0 Å². The average Bonchev–Trinajstić information content (AvgIpc) is 3.03. The molecular weight excluding hydrogens is 536 g/mol. The number of para-hydroxylation sites is 1. The van der Waals surface area contributed by atoms with E-state index in [0.717, 1.165) is 49.2 Å². The van der Waals surface area contributed by atoms with Crippen molar-refractivity contribution in [2.45, 2.75) is 110 Å². The fourth-order valence-corrected chi connectivity index (χ4v) is 5.02. The van der Waals surface area contributed by atoms with E-state index in [1.807, 2.05) is 43.3 Å². The van der Waals surface area contributed by atoms with Crippen LogP contribution in [-0.2, 0) is 4.74 Å². The zero-order chi connectivity index (χ0) is 30.7. The summed E-state index contributed by atoms with van der Waals surface area (Å²) >= 11 is 0. The lowest BCUT2D eigenvalue weighted by Gasteiger charge is -2.15. The highest BCUT2D eigenvalue weighted by Gasteiger charge is 2.19. The van der Waals surface area contributed by atoms with Crippen molar-refractivity contribution >= 4 is 11.9 Å². The Morgan fingerprint density at radius 3 is 1.84 bits per heavy atom. The maximum atomic E-state index is 13.0. The highest BCUT2D eigenvalue weighted by molar-refractivity contribution is 5.96. The summed E-state index contributed by atoms with van der Waals surface area (Å²) in [7, 11) is 0. The molecule has 3 aromatic rings. The Balaban J connectivity index is 1.49. The number of esters is 2. The average molecular weight is 587 g/mol. The summed E-state index contributed by atoms with van der Waals surface area (Å²) in [5.74, 6) is 0.0680. The highest BCUT2D eigenvalue weighted by atomic mass is 16.6. The third-order valence-corrected chi connectivity index (χ3v) is 7.66. The van der Waals surface area contributed by atoms with E-state index in [0.29, 0.717) is 5.56 Å². The van der Waals surface area contributed by atoms with Gasteiger partial charge < -0.3 is 14.2 Å². The number of carbonyl (C=O) groups is 2. The van der Waals surface area contributed by atoms with E-state index in [1.165, 1.54) is 57.8 Å². The highest BCUT2D eigenvalue weighted by Crippen LogP contribution is 2.25. The predicted molar refractivity (Wildman–Crippen MR) is 175 cm³/mol. The topological polar surface area (TPSA) is 61.8 Å². The van der Waals surface area contributed by atoms with Gasteiger partial charge in [0.1, 0.15) is 17.1 Å². The molecule has 5 heteroatoms. The van der Waals surface area contributed by atoms with E-state index < -0.39 is 11.9 Å². The SMILES string of the molecule is CCCCCCCCOc1ccc(-c2ccc(C(=O)Oc3ccccc3C(=O)OC(C)CCCCCCCC)cc2)cc1. The van der Waals surface area contributed by atoms with Gasteiger partial charge in [0, 0.05) is 0 Å². The number of carbonyl (C=O) groups excluding carboxylic acids is 2. The van der Waals surface area contributed by atoms with Crippen molar-refractivity contribution in [2.75, 3.05) is 6.61 Å². The van der Waals surface area contributed by atoms with Gasteiger partial charge in [0.25, 0.3) is 0 Å². The van der Waals surface area contributed by atoms with Crippen LogP contribution in [0.15, 0.2) is 72.8 Å². The second-order valence-electron chi connectivity index (χ2n) is 11.4. The number of rotatable bonds is 20. The largest absolute Gasteiger partial charge is 0.494 e. The van der Waals surface area contributed by atoms with Gasteiger partial charge in [-0.2, -0.15) is 0 Å². The first kappa shape index (κ1) is 33.9. The first-order chi connectivity index (χ1) is 21.0. The third kappa shape index (κ3) is 12.3. The molecule has 0 bridgehead atoms. The number of benzene rings is 3. The molecular formula is C38H50O5. The minimum absolute atomic E-state index is 0.198. The molecule has 0 saturated heterocycles. The Morgan fingerprint density at radius 2 is 1.19 bits per heavy atom. The number of ether oxygens (including phenoxy) is 3. The monoisotopic (exact) mass is 586 g/mol. The fourth-order valence-electron chi connectivity index (χ4n) is 5.02. The van der Waals surface area contributed by atoms with E-state index in [-0.39, 0.29) is 17.4 Å². The van der Waals surface area contributed by atoms with Gasteiger partial charge in [0.05, 0.1) is 18.3 Å². The zero-order valence-electron chi connectivity index (χ0n) is 26.4. The lowest BCUT2D eigenvalue weighted by molar-refractivity contribution is 0.0315. The molecule has 1 atom stereocenters. The maximum Gasteiger partial charge on any atom is 0.343 e. The fraction of sp³-hybridized carbons (Fsp3) is 0.474. The van der Waals surface area contributed by atoms with Crippen molar-refractivity contribution in [1.82, 2.24) is 0 Å². The summed E-state index contributed by atoms with van der Waals surface area (Å²) in [6, 6.07) is 22.0. The smallest absolute Gasteiger partial charge is 0.343 e. The molecule has 3 rings (SSSR count). The lowest BCUT2D eigenvalue weighted by Crippen LogP contribution is -2.17. The molecule has 0 heterocycles. The summed E-state index contributed by atoms with van der Waals surface area (Å²) in [5, 5.41) is 0. The molecule has 0 radical (unpaired) electrons. The van der Waals surface area contributed by atoms with Gasteiger partial charge in [-0.3, -0.25) is 0 Å². The van der Waals surface area contributed by atoms with Crippen molar-refractivity contribution < 1.29 is 23.8 Å². The quantitative estimate of drug-likeness (QED) is 0.0748. The van der Waals surface area contributed by atoms with E-state index >= 15 is 0 Å². The Bertz CT molecular complexity index is 1220. The molecule has 5 nitrogen and oxygen atoms in total. The summed E-state index contributed by atoms with van der Waals surface area (Å²) in [6.07, 6.45) is 15.2. The van der Waals surface area contributed by atoms with E-state index in [4.69, 9.17) is 14.2 Å². The van der Waals surface area contributed by atoms with Crippen molar-refractivity contribution in [3.8, 4) is 22.6 Å². The van der Waals surface area contributed by atoms with Crippen molar-refractivity contribution in [1.29, 1.82) is 0 Å². The molecule has 0 aromatic heterocycles. The Hall–Kier alpha value is -3.60. The third-order valence-electron chi connectivity index (χ3n) is 7.66. The summed E-state index contributed by atoms with van der Waals surface area (Å²) < 4.78 is 17.2. The number of hydrogen-bond donors (Lipinski definition) is 0. The van der Waals surface area contributed by atoms with Crippen LogP contribution in [-0.4, -0.2) is 24.6 Å². The van der Waals surface area contributed by atoms with Crippen molar-refractivity contribution in [3.63, 3.8) is 0 Å². The molecule has 0 N–H and O–H groups in total. The standard InChI is InChI=1S/C38H50O5/c1-4-6-8-10-12-14-18-30(3)42-38(40)35-19-15-16-20-36(35)43-37(39)33-23-21-31(22-24-33)32-25-27-34(28-26-32)41-29-17-13-11-9-7-5-2/h15-16,19-28,30H,4-14,17-18,29H2,1-3H3. The van der Waals surface area contributed by atoms with Gasteiger partial charge in [-0.25, -0.2) is 9.59 Å². The molecule has 0 fully saturated rings. The molecule has 0 aliphatic rings. The minimum atomic E-state index is -0.523. The molecule has 0 amide bonds.